The molecular weight excluding hydrogens is 524 g/mol. The van der Waals surface area contributed by atoms with Gasteiger partial charge in [-0.05, 0) is 74.5 Å². The number of hydrogen-bond donors (Lipinski definition) is 1. The van der Waals surface area contributed by atoms with E-state index in [0.29, 0.717) is 17.4 Å². The second kappa shape index (κ2) is 12.5. The van der Waals surface area contributed by atoms with Gasteiger partial charge in [-0.1, -0.05) is 54.8 Å². The fourth-order valence-electron chi connectivity index (χ4n) is 7.05. The van der Waals surface area contributed by atoms with E-state index in [0.717, 1.165) is 88.9 Å². The molecule has 7 nitrogen and oxygen atoms in total. The van der Waals surface area contributed by atoms with Crippen molar-refractivity contribution < 1.29 is 14.7 Å². The predicted molar refractivity (Wildman–Crippen MR) is 158 cm³/mol. The SMILES string of the molecule is CN(C)C(=O)c1ccc(N2CCC(CC3CCN(C(=O)C(O)(c4ccccc4)C4CCCC4)CC3)CC2)nc1Cl. The van der Waals surface area contributed by atoms with E-state index in [-0.39, 0.29) is 22.9 Å². The maximum atomic E-state index is 13.8. The summed E-state index contributed by atoms with van der Waals surface area (Å²) in [5.74, 6) is 1.87. The Labute approximate surface area is 243 Å². The van der Waals surface area contributed by atoms with Gasteiger partial charge < -0.3 is 19.8 Å². The monoisotopic (exact) mass is 566 g/mol. The third-order valence-corrected chi connectivity index (χ3v) is 9.75. The van der Waals surface area contributed by atoms with Gasteiger partial charge in [-0.2, -0.15) is 0 Å². The van der Waals surface area contributed by atoms with Crippen LogP contribution >= 0.6 is 11.6 Å². The van der Waals surface area contributed by atoms with E-state index in [1.54, 1.807) is 20.2 Å². The first-order valence-electron chi connectivity index (χ1n) is 15.0. The average Bonchev–Trinajstić information content (AvgIpc) is 3.53. The highest BCUT2D eigenvalue weighted by molar-refractivity contribution is 6.32. The van der Waals surface area contributed by atoms with Gasteiger partial charge >= 0.3 is 0 Å². The molecule has 216 valence electrons. The summed E-state index contributed by atoms with van der Waals surface area (Å²) in [5, 5.41) is 12.2. The molecule has 5 rings (SSSR count). The summed E-state index contributed by atoms with van der Waals surface area (Å²) in [6, 6.07) is 13.3. The lowest BCUT2D eigenvalue weighted by atomic mass is 9.78. The van der Waals surface area contributed by atoms with E-state index < -0.39 is 5.60 Å². The minimum Gasteiger partial charge on any atom is -0.375 e. The molecule has 1 N–H and O–H groups in total. The number of likely N-dealkylation sites (tertiary alicyclic amines) is 1. The number of pyridine rings is 1. The van der Waals surface area contributed by atoms with E-state index in [4.69, 9.17) is 11.6 Å². The molecule has 2 aromatic rings. The lowest BCUT2D eigenvalue weighted by molar-refractivity contribution is -0.161. The highest BCUT2D eigenvalue weighted by atomic mass is 35.5. The van der Waals surface area contributed by atoms with Gasteiger partial charge in [0, 0.05) is 46.2 Å². The van der Waals surface area contributed by atoms with Crippen LogP contribution in [0.25, 0.3) is 0 Å². The first-order chi connectivity index (χ1) is 19.3. The number of hydrogen-bond acceptors (Lipinski definition) is 5. The third kappa shape index (κ3) is 6.01. The predicted octanol–water partition coefficient (Wildman–Crippen LogP) is 5.36. The first-order valence-corrected chi connectivity index (χ1v) is 15.4. The van der Waals surface area contributed by atoms with Crippen LogP contribution in [0.3, 0.4) is 0 Å². The Bertz CT molecular complexity index is 1170. The summed E-state index contributed by atoms with van der Waals surface area (Å²) in [4.78, 5) is 36.3. The highest BCUT2D eigenvalue weighted by Crippen LogP contribution is 2.42. The van der Waals surface area contributed by atoms with Crippen molar-refractivity contribution in [1.82, 2.24) is 14.8 Å². The molecule has 1 atom stereocenters. The standard InChI is InChI=1S/C32H43ClN4O3/c1-35(2)30(38)27-12-13-28(34-29(27)33)36-18-14-23(15-19-36)22-24-16-20-37(21-17-24)31(39)32(40,26-10-6-7-11-26)25-8-4-3-5-9-25/h3-5,8-9,12-13,23-24,26,40H,6-7,10-11,14-22H2,1-2H3. The smallest absolute Gasteiger partial charge is 0.259 e. The quantitative estimate of drug-likeness (QED) is 0.457. The molecule has 0 spiro atoms. The second-order valence-corrected chi connectivity index (χ2v) is 12.6. The molecule has 0 bridgehead atoms. The number of benzene rings is 1. The van der Waals surface area contributed by atoms with Gasteiger partial charge in [-0.3, -0.25) is 9.59 Å². The van der Waals surface area contributed by atoms with Gasteiger partial charge in [0.15, 0.2) is 5.60 Å². The number of halogens is 1. The van der Waals surface area contributed by atoms with Crippen LogP contribution in [0.2, 0.25) is 5.15 Å². The molecule has 3 fully saturated rings. The summed E-state index contributed by atoms with van der Waals surface area (Å²) in [5.41, 5.74) is -0.233. The first kappa shape index (κ1) is 28.9. The summed E-state index contributed by atoms with van der Waals surface area (Å²) in [6.45, 7) is 3.31. The number of aliphatic hydroxyl groups is 1. The van der Waals surface area contributed by atoms with Crippen LogP contribution in [0.5, 0.6) is 0 Å². The maximum absolute atomic E-state index is 13.8. The fraction of sp³-hybridized carbons (Fsp3) is 0.594. The molecule has 1 aromatic carbocycles. The van der Waals surface area contributed by atoms with Gasteiger partial charge in [-0.15, -0.1) is 0 Å². The van der Waals surface area contributed by atoms with Crippen molar-refractivity contribution >= 4 is 29.2 Å². The zero-order valence-electron chi connectivity index (χ0n) is 23.9. The van der Waals surface area contributed by atoms with Crippen LogP contribution < -0.4 is 4.90 Å². The molecule has 2 amide bonds. The van der Waals surface area contributed by atoms with E-state index in [1.807, 2.05) is 41.3 Å². The average molecular weight is 567 g/mol. The summed E-state index contributed by atoms with van der Waals surface area (Å²) in [6.07, 6.45) is 9.38. The Morgan fingerprint density at radius 2 is 1.52 bits per heavy atom. The molecular formula is C32H43ClN4O3. The Hall–Kier alpha value is -2.64. The molecule has 1 aliphatic carbocycles. The van der Waals surface area contributed by atoms with Crippen molar-refractivity contribution in [3.63, 3.8) is 0 Å². The number of aromatic nitrogens is 1. The summed E-state index contributed by atoms with van der Waals surface area (Å²) < 4.78 is 0. The highest BCUT2D eigenvalue weighted by Gasteiger charge is 2.48. The molecule has 1 unspecified atom stereocenters. The number of carbonyl (C=O) groups is 2. The number of nitrogens with zero attached hydrogens (tertiary/aromatic N) is 4. The van der Waals surface area contributed by atoms with E-state index in [1.165, 1.54) is 11.3 Å². The molecule has 2 aliphatic heterocycles. The molecule has 2 saturated heterocycles. The third-order valence-electron chi connectivity index (χ3n) is 9.46. The van der Waals surface area contributed by atoms with Crippen molar-refractivity contribution in [1.29, 1.82) is 0 Å². The van der Waals surface area contributed by atoms with Crippen LogP contribution in [0, 0.1) is 17.8 Å². The number of amides is 2. The van der Waals surface area contributed by atoms with Crippen LogP contribution in [-0.4, -0.2) is 72.0 Å². The second-order valence-electron chi connectivity index (χ2n) is 12.2. The number of piperidine rings is 2. The van der Waals surface area contributed by atoms with Gasteiger partial charge in [-0.25, -0.2) is 4.98 Å². The molecule has 1 saturated carbocycles. The van der Waals surface area contributed by atoms with Gasteiger partial charge in [0.2, 0.25) is 0 Å². The lowest BCUT2D eigenvalue weighted by Crippen LogP contribution is -2.53. The van der Waals surface area contributed by atoms with E-state index in [9.17, 15) is 14.7 Å². The van der Waals surface area contributed by atoms with Crippen LogP contribution in [-0.2, 0) is 10.4 Å². The number of carbonyl (C=O) groups excluding carboxylic acids is 2. The van der Waals surface area contributed by atoms with Crippen molar-refractivity contribution in [2.75, 3.05) is 45.2 Å². The molecule has 0 radical (unpaired) electrons. The normalized spacial score (nSPS) is 20.9. The zero-order valence-corrected chi connectivity index (χ0v) is 24.7. The minimum absolute atomic E-state index is 0.000598. The van der Waals surface area contributed by atoms with E-state index in [2.05, 4.69) is 9.88 Å². The largest absolute Gasteiger partial charge is 0.375 e. The van der Waals surface area contributed by atoms with Crippen molar-refractivity contribution in [3.8, 4) is 0 Å². The topological polar surface area (TPSA) is 77.0 Å². The van der Waals surface area contributed by atoms with Gasteiger partial charge in [0.05, 0.1) is 5.56 Å². The Morgan fingerprint density at radius 1 is 0.925 bits per heavy atom. The van der Waals surface area contributed by atoms with Crippen molar-refractivity contribution in [3.05, 3.63) is 58.7 Å². The molecule has 40 heavy (non-hydrogen) atoms. The summed E-state index contributed by atoms with van der Waals surface area (Å²) >= 11 is 6.35. The van der Waals surface area contributed by atoms with Crippen molar-refractivity contribution in [2.45, 2.75) is 63.4 Å². The Morgan fingerprint density at radius 3 is 2.10 bits per heavy atom. The van der Waals surface area contributed by atoms with Gasteiger partial charge in [0.1, 0.15) is 11.0 Å². The molecule has 3 aliphatic rings. The fourth-order valence-corrected chi connectivity index (χ4v) is 7.28. The van der Waals surface area contributed by atoms with Crippen molar-refractivity contribution in [2.24, 2.45) is 17.8 Å². The minimum atomic E-state index is -1.41. The Kier molecular flexibility index (Phi) is 9.01. The Balaban J connectivity index is 1.13. The van der Waals surface area contributed by atoms with Gasteiger partial charge in [0.25, 0.3) is 11.8 Å². The molecule has 3 heterocycles. The summed E-state index contributed by atoms with van der Waals surface area (Å²) in [7, 11) is 3.42. The number of rotatable bonds is 7. The van der Waals surface area contributed by atoms with Crippen LogP contribution in [0.15, 0.2) is 42.5 Å². The lowest BCUT2D eigenvalue weighted by Gasteiger charge is -2.41. The molecule has 8 heteroatoms. The zero-order chi connectivity index (χ0) is 28.3. The number of anilines is 1. The van der Waals surface area contributed by atoms with Crippen LogP contribution in [0.4, 0.5) is 5.82 Å². The molecule has 1 aromatic heterocycles. The maximum Gasteiger partial charge on any atom is 0.259 e. The van der Waals surface area contributed by atoms with E-state index >= 15 is 0 Å². The van der Waals surface area contributed by atoms with Crippen LogP contribution in [0.1, 0.15) is 73.7 Å².